The van der Waals surface area contributed by atoms with Crippen LogP contribution in [0.1, 0.15) is 32.6 Å². The van der Waals surface area contributed by atoms with Crippen LogP contribution >= 0.6 is 0 Å². The summed E-state index contributed by atoms with van der Waals surface area (Å²) >= 11 is 0. The Morgan fingerprint density at radius 1 is 1.47 bits per heavy atom. The van der Waals surface area contributed by atoms with Crippen LogP contribution in [-0.4, -0.2) is 29.3 Å². The maximum absolute atomic E-state index is 8.86. The van der Waals surface area contributed by atoms with Crippen LogP contribution in [0, 0.1) is 0 Å². The topological polar surface area (TPSA) is 35.5 Å². The highest BCUT2D eigenvalue weighted by molar-refractivity contribution is 4.97. The molecule has 0 saturated heterocycles. The van der Waals surface area contributed by atoms with Gasteiger partial charge in [0, 0.05) is 25.4 Å². The van der Waals surface area contributed by atoms with Crippen molar-refractivity contribution in [3.63, 3.8) is 0 Å². The number of nitrogens with one attached hydrogen (secondary N) is 1. The van der Waals surface area contributed by atoms with Crippen molar-refractivity contribution in [2.75, 3.05) is 13.2 Å². The van der Waals surface area contributed by atoms with Crippen LogP contribution in [0.3, 0.4) is 0 Å². The van der Waals surface area contributed by atoms with Crippen molar-refractivity contribution in [3.8, 4) is 0 Å². The first kappa shape index (κ1) is 12.1. The number of hydrogen-bond donors (Lipinski definition) is 2. The summed E-state index contributed by atoms with van der Waals surface area (Å²) in [6.45, 7) is 3.12. The first-order chi connectivity index (χ1) is 7.38. The Hall–Kier alpha value is -0.960. The highest BCUT2D eigenvalue weighted by Gasteiger charge is 2.15. The number of aliphatic hydroxyl groups excluding tert-OH is 1. The highest BCUT2D eigenvalue weighted by atomic mass is 16.3. The Kier molecular flexibility index (Phi) is 5.93. The Balaban J connectivity index is 2.17. The molecule has 0 amide bonds. The second-order valence-electron chi connectivity index (χ2n) is 3.81. The Bertz CT molecular complexity index is 214. The maximum atomic E-state index is 8.86. The molecule has 0 radical (unpaired) electrons. The summed E-state index contributed by atoms with van der Waals surface area (Å²) < 4.78 is 0. The summed E-state index contributed by atoms with van der Waals surface area (Å²) in [5.74, 6) is 0. The Morgan fingerprint density at radius 3 is 3.07 bits per heavy atom. The van der Waals surface area contributed by atoms with E-state index in [1.54, 1.807) is 0 Å². The van der Waals surface area contributed by atoms with Gasteiger partial charge < -0.3 is 15.3 Å². The van der Waals surface area contributed by atoms with Gasteiger partial charge in [-0.2, -0.15) is 0 Å². The van der Waals surface area contributed by atoms with E-state index < -0.39 is 0 Å². The Labute approximate surface area is 92.5 Å². The molecule has 1 atom stereocenters. The molecule has 15 heavy (non-hydrogen) atoms. The summed E-state index contributed by atoms with van der Waals surface area (Å²) in [4.78, 5) is 2.13. The van der Waals surface area contributed by atoms with E-state index in [1.807, 2.05) is 12.4 Å². The maximum Gasteiger partial charge on any atom is 0.102 e. The van der Waals surface area contributed by atoms with Gasteiger partial charge in [-0.3, -0.25) is 0 Å². The van der Waals surface area contributed by atoms with Gasteiger partial charge in [0.2, 0.25) is 0 Å². The lowest BCUT2D eigenvalue weighted by Gasteiger charge is -2.23. The van der Waals surface area contributed by atoms with Crippen molar-refractivity contribution in [1.29, 1.82) is 0 Å². The fourth-order valence-electron chi connectivity index (χ4n) is 1.66. The van der Waals surface area contributed by atoms with Gasteiger partial charge >= 0.3 is 0 Å². The monoisotopic (exact) mass is 210 g/mol. The summed E-state index contributed by atoms with van der Waals surface area (Å²) in [6.07, 6.45) is 13.5. The van der Waals surface area contributed by atoms with Gasteiger partial charge in [0.1, 0.15) is 6.17 Å². The van der Waals surface area contributed by atoms with Crippen molar-refractivity contribution in [1.82, 2.24) is 10.2 Å². The van der Waals surface area contributed by atoms with E-state index in [0.29, 0.717) is 12.7 Å². The fraction of sp³-hybridized carbons (Fsp3) is 0.667. The molecule has 0 fully saturated rings. The molecule has 0 saturated carbocycles. The summed E-state index contributed by atoms with van der Waals surface area (Å²) in [5.41, 5.74) is 0. The molecule has 0 bridgehead atoms. The van der Waals surface area contributed by atoms with Crippen molar-refractivity contribution < 1.29 is 5.11 Å². The molecule has 86 valence electrons. The number of aliphatic hydroxyl groups is 1. The molecule has 3 nitrogen and oxygen atoms in total. The van der Waals surface area contributed by atoms with E-state index >= 15 is 0 Å². The van der Waals surface area contributed by atoms with Gasteiger partial charge in [-0.25, -0.2) is 0 Å². The van der Waals surface area contributed by atoms with Gasteiger partial charge in [0.05, 0.1) is 6.61 Å². The lowest BCUT2D eigenvalue weighted by atomic mass is 10.2. The minimum absolute atomic E-state index is 0.210. The summed E-state index contributed by atoms with van der Waals surface area (Å²) in [7, 11) is 0. The zero-order valence-electron chi connectivity index (χ0n) is 9.52. The minimum Gasteiger partial charge on any atom is -0.395 e. The third-order valence-electron chi connectivity index (χ3n) is 2.56. The average molecular weight is 210 g/mol. The predicted octanol–water partition coefficient (Wildman–Crippen LogP) is 1.82. The smallest absolute Gasteiger partial charge is 0.102 e. The fourth-order valence-corrected chi connectivity index (χ4v) is 1.66. The molecule has 0 aliphatic carbocycles. The van der Waals surface area contributed by atoms with Crippen molar-refractivity contribution >= 4 is 0 Å². The number of nitrogens with zero attached hydrogens (tertiary/aromatic N) is 1. The number of allylic oxidation sites excluding steroid dienone is 1. The van der Waals surface area contributed by atoms with Gasteiger partial charge in [0.25, 0.3) is 0 Å². The van der Waals surface area contributed by atoms with Crippen LogP contribution in [0.15, 0.2) is 24.6 Å². The number of β-amino-alcohol motifs (C(OH)–C–C–N with tert-alkyl or cyclic N) is 1. The molecule has 0 aromatic heterocycles. The van der Waals surface area contributed by atoms with Crippen molar-refractivity contribution in [3.05, 3.63) is 24.6 Å². The quantitative estimate of drug-likeness (QED) is 0.497. The summed E-state index contributed by atoms with van der Waals surface area (Å²) in [5, 5.41) is 12.1. The molecule has 1 aliphatic heterocycles. The molecule has 0 aromatic rings. The Morgan fingerprint density at radius 2 is 2.33 bits per heavy atom. The molecule has 2 N–H and O–H groups in total. The van der Waals surface area contributed by atoms with E-state index in [1.165, 1.54) is 19.3 Å². The second kappa shape index (κ2) is 7.35. The molecular weight excluding hydrogens is 188 g/mol. The van der Waals surface area contributed by atoms with E-state index in [-0.39, 0.29) is 6.61 Å². The zero-order valence-corrected chi connectivity index (χ0v) is 9.52. The highest BCUT2D eigenvalue weighted by Crippen LogP contribution is 2.08. The van der Waals surface area contributed by atoms with E-state index in [0.717, 1.165) is 6.42 Å². The number of unbranched alkanes of at least 4 members (excludes halogenated alkanes) is 2. The molecule has 1 unspecified atom stereocenters. The lowest BCUT2D eigenvalue weighted by molar-refractivity contribution is 0.202. The molecule has 3 heteroatoms. The zero-order chi connectivity index (χ0) is 10.9. The van der Waals surface area contributed by atoms with E-state index in [4.69, 9.17) is 5.11 Å². The van der Waals surface area contributed by atoms with Gasteiger partial charge in [-0.05, 0) is 6.42 Å². The third kappa shape index (κ3) is 4.38. The van der Waals surface area contributed by atoms with Crippen LogP contribution in [0.2, 0.25) is 0 Å². The lowest BCUT2D eigenvalue weighted by Crippen LogP contribution is -2.36. The minimum atomic E-state index is 0.210. The summed E-state index contributed by atoms with van der Waals surface area (Å²) in [6, 6.07) is 0. The normalized spacial score (nSPS) is 20.1. The first-order valence-electron chi connectivity index (χ1n) is 5.82. The SMILES string of the molecule is CCCC/C=C/CC1NC=CN1CCO. The predicted molar refractivity (Wildman–Crippen MR) is 63.1 cm³/mol. The largest absolute Gasteiger partial charge is 0.395 e. The van der Waals surface area contributed by atoms with Crippen LogP contribution in [-0.2, 0) is 0 Å². The molecule has 1 heterocycles. The van der Waals surface area contributed by atoms with Crippen LogP contribution in [0.25, 0.3) is 0 Å². The van der Waals surface area contributed by atoms with Gasteiger partial charge in [0.15, 0.2) is 0 Å². The van der Waals surface area contributed by atoms with Gasteiger partial charge in [-0.1, -0.05) is 31.9 Å². The number of rotatable bonds is 7. The third-order valence-corrected chi connectivity index (χ3v) is 2.56. The van der Waals surface area contributed by atoms with Crippen LogP contribution < -0.4 is 5.32 Å². The molecule has 1 rings (SSSR count). The second-order valence-corrected chi connectivity index (χ2v) is 3.81. The number of hydrogen-bond acceptors (Lipinski definition) is 3. The first-order valence-corrected chi connectivity index (χ1v) is 5.82. The van der Waals surface area contributed by atoms with Crippen molar-refractivity contribution in [2.24, 2.45) is 0 Å². The van der Waals surface area contributed by atoms with E-state index in [9.17, 15) is 0 Å². The van der Waals surface area contributed by atoms with Crippen LogP contribution in [0.5, 0.6) is 0 Å². The van der Waals surface area contributed by atoms with Crippen molar-refractivity contribution in [2.45, 2.75) is 38.8 Å². The van der Waals surface area contributed by atoms with Crippen LogP contribution in [0.4, 0.5) is 0 Å². The molecular formula is C12H22N2O. The van der Waals surface area contributed by atoms with E-state index in [2.05, 4.69) is 29.3 Å². The van der Waals surface area contributed by atoms with Gasteiger partial charge in [-0.15, -0.1) is 0 Å². The standard InChI is InChI=1S/C12H22N2O/c1-2-3-4-5-6-7-12-13-8-9-14(12)10-11-15/h5-6,8-9,12-13,15H,2-4,7,10-11H2,1H3/b6-5+. The molecule has 0 spiro atoms. The molecule has 0 aromatic carbocycles. The molecule has 1 aliphatic rings. The average Bonchev–Trinajstić information content (AvgIpc) is 2.66.